The molecule has 1 heterocycles. The van der Waals surface area contributed by atoms with Gasteiger partial charge in [-0.2, -0.15) is 0 Å². The van der Waals surface area contributed by atoms with Crippen LogP contribution in [0.3, 0.4) is 0 Å². The van der Waals surface area contributed by atoms with E-state index in [9.17, 15) is 0 Å². The maximum Gasteiger partial charge on any atom is 0.0751 e. The lowest BCUT2D eigenvalue weighted by molar-refractivity contribution is 0.590. The van der Waals surface area contributed by atoms with Gasteiger partial charge in [-0.25, -0.2) is 0 Å². The summed E-state index contributed by atoms with van der Waals surface area (Å²) in [7, 11) is 0. The fourth-order valence-corrected chi connectivity index (χ4v) is 3.66. The van der Waals surface area contributed by atoms with Gasteiger partial charge in [0.05, 0.1) is 11.0 Å². The van der Waals surface area contributed by atoms with E-state index in [-0.39, 0.29) is 10.8 Å². The van der Waals surface area contributed by atoms with Gasteiger partial charge < -0.3 is 15.4 Å². The minimum absolute atomic E-state index is 0.137. The highest BCUT2D eigenvalue weighted by Gasteiger charge is 2.16. The van der Waals surface area contributed by atoms with Crippen molar-refractivity contribution < 1.29 is 0 Å². The van der Waals surface area contributed by atoms with Gasteiger partial charge in [-0.15, -0.1) is 0 Å². The normalized spacial score (nSPS) is 12.5. The Kier molecular flexibility index (Phi) is 4.57. The molecule has 0 bridgehead atoms. The van der Waals surface area contributed by atoms with Crippen molar-refractivity contribution in [2.24, 2.45) is 0 Å². The standard InChI is InChI=1S/C26H28N3/c1-25(2,3)19-11-7-17(8-12-19)21-15-16-22(24-23(21)27-29-28-24)18-9-13-20(14-10-18)26(4,5)6/h7-16H,1-6H3/q-1. The van der Waals surface area contributed by atoms with Crippen LogP contribution in [-0.4, -0.2) is 10.2 Å². The first-order chi connectivity index (χ1) is 13.6. The zero-order valence-electron chi connectivity index (χ0n) is 18.1. The van der Waals surface area contributed by atoms with E-state index >= 15 is 0 Å². The predicted octanol–water partition coefficient (Wildman–Crippen LogP) is 6.52. The fraction of sp³-hybridized carbons (Fsp3) is 0.308. The number of nitrogens with zero attached hydrogens (tertiary/aromatic N) is 3. The average molecular weight is 383 g/mol. The fourth-order valence-electron chi connectivity index (χ4n) is 3.66. The van der Waals surface area contributed by atoms with Crippen LogP contribution < -0.4 is 5.21 Å². The Morgan fingerprint density at radius 1 is 0.517 bits per heavy atom. The van der Waals surface area contributed by atoms with Crippen molar-refractivity contribution in [2.45, 2.75) is 52.4 Å². The van der Waals surface area contributed by atoms with Crippen LogP contribution in [0.4, 0.5) is 0 Å². The van der Waals surface area contributed by atoms with Crippen LogP contribution in [-0.2, 0) is 10.8 Å². The Labute approximate surface area is 173 Å². The Bertz CT molecular complexity index is 1040. The number of hydrogen-bond donors (Lipinski definition) is 0. The summed E-state index contributed by atoms with van der Waals surface area (Å²) in [5, 5.41) is 12.7. The van der Waals surface area contributed by atoms with Gasteiger partial charge in [0.25, 0.3) is 0 Å². The van der Waals surface area contributed by atoms with Crippen LogP contribution in [0.1, 0.15) is 52.7 Å². The summed E-state index contributed by atoms with van der Waals surface area (Å²) in [6, 6.07) is 21.7. The number of benzene rings is 3. The van der Waals surface area contributed by atoms with E-state index in [4.69, 9.17) is 0 Å². The van der Waals surface area contributed by atoms with E-state index in [0.717, 1.165) is 33.3 Å². The Balaban J connectivity index is 1.77. The smallest absolute Gasteiger partial charge is 0.0751 e. The SMILES string of the molecule is CC(C)(C)c1ccc(-c2ccc(-c3ccc(C(C)(C)C)cc3)c3n[n-]nc23)cc1. The van der Waals surface area contributed by atoms with Gasteiger partial charge in [0.15, 0.2) is 0 Å². The quantitative estimate of drug-likeness (QED) is 0.396. The molecule has 0 unspecified atom stereocenters. The van der Waals surface area contributed by atoms with Gasteiger partial charge in [0.2, 0.25) is 0 Å². The van der Waals surface area contributed by atoms with Crippen LogP contribution in [0.25, 0.3) is 33.3 Å². The van der Waals surface area contributed by atoms with Gasteiger partial charge >= 0.3 is 0 Å². The molecule has 0 amide bonds. The molecule has 0 aliphatic carbocycles. The second-order valence-electron chi connectivity index (χ2n) is 9.80. The minimum Gasteiger partial charge on any atom is -0.492 e. The topological polar surface area (TPSA) is 39.9 Å². The molecule has 1 aromatic heterocycles. The lowest BCUT2D eigenvalue weighted by atomic mass is 9.85. The molecule has 4 aromatic rings. The van der Waals surface area contributed by atoms with Crippen LogP contribution >= 0.6 is 0 Å². The zero-order valence-corrected chi connectivity index (χ0v) is 18.1. The third-order valence-electron chi connectivity index (χ3n) is 5.56. The monoisotopic (exact) mass is 382 g/mol. The summed E-state index contributed by atoms with van der Waals surface area (Å²) in [6.07, 6.45) is 0. The number of fused-ring (bicyclic) bond motifs is 1. The molecule has 0 N–H and O–H groups in total. The number of aromatic nitrogens is 3. The van der Waals surface area contributed by atoms with Crippen LogP contribution in [0, 0.1) is 0 Å². The Hall–Kier alpha value is -2.94. The molecule has 0 aliphatic heterocycles. The highest BCUT2D eigenvalue weighted by atomic mass is 15.3. The second-order valence-corrected chi connectivity index (χ2v) is 9.80. The summed E-state index contributed by atoms with van der Waals surface area (Å²) >= 11 is 0. The second kappa shape index (κ2) is 6.84. The summed E-state index contributed by atoms with van der Waals surface area (Å²) in [6.45, 7) is 13.4. The molecule has 3 aromatic carbocycles. The molecule has 0 aliphatic rings. The van der Waals surface area contributed by atoms with Crippen LogP contribution in [0.5, 0.6) is 0 Å². The molecule has 0 atom stereocenters. The average Bonchev–Trinajstić information content (AvgIpc) is 3.16. The van der Waals surface area contributed by atoms with Crippen molar-refractivity contribution in [2.75, 3.05) is 0 Å². The molecule has 3 heteroatoms. The highest BCUT2D eigenvalue weighted by molar-refractivity contribution is 6.00. The van der Waals surface area contributed by atoms with E-state index < -0.39 is 0 Å². The Morgan fingerprint density at radius 3 is 1.17 bits per heavy atom. The van der Waals surface area contributed by atoms with E-state index in [0.29, 0.717) is 0 Å². The maximum absolute atomic E-state index is 4.35. The van der Waals surface area contributed by atoms with E-state index in [1.54, 1.807) is 0 Å². The van der Waals surface area contributed by atoms with Gasteiger partial charge in [-0.05, 0) is 33.1 Å². The van der Waals surface area contributed by atoms with E-state index in [1.165, 1.54) is 11.1 Å². The molecule has 148 valence electrons. The van der Waals surface area contributed by atoms with Crippen molar-refractivity contribution >= 4 is 11.0 Å². The molecule has 0 spiro atoms. The molecular weight excluding hydrogens is 354 g/mol. The molecule has 0 radical (unpaired) electrons. The number of hydrogen-bond acceptors (Lipinski definition) is 2. The summed E-state index contributed by atoms with van der Waals surface area (Å²) in [5.74, 6) is 0. The van der Waals surface area contributed by atoms with Crippen molar-refractivity contribution in [3.05, 3.63) is 71.8 Å². The third kappa shape index (κ3) is 3.69. The highest BCUT2D eigenvalue weighted by Crippen LogP contribution is 2.35. The lowest BCUT2D eigenvalue weighted by Crippen LogP contribution is -2.10. The molecule has 0 fully saturated rings. The first-order valence-corrected chi connectivity index (χ1v) is 10.2. The summed E-state index contributed by atoms with van der Waals surface area (Å²) < 4.78 is 0. The molecular formula is C26H28N3-. The van der Waals surface area contributed by atoms with Crippen LogP contribution in [0.2, 0.25) is 0 Å². The van der Waals surface area contributed by atoms with Gasteiger partial charge in [0, 0.05) is 11.1 Å². The number of rotatable bonds is 2. The zero-order chi connectivity index (χ0) is 20.8. The first kappa shape index (κ1) is 19.4. The van der Waals surface area contributed by atoms with Gasteiger partial charge in [-0.1, -0.05) is 102 Å². The predicted molar refractivity (Wildman–Crippen MR) is 121 cm³/mol. The minimum atomic E-state index is 0.137. The van der Waals surface area contributed by atoms with Crippen molar-refractivity contribution in [3.8, 4) is 22.3 Å². The maximum atomic E-state index is 4.35. The summed E-state index contributed by atoms with van der Waals surface area (Å²) in [5.41, 5.74) is 9.04. The van der Waals surface area contributed by atoms with E-state index in [2.05, 4.69) is 118 Å². The molecule has 29 heavy (non-hydrogen) atoms. The van der Waals surface area contributed by atoms with Crippen molar-refractivity contribution in [1.82, 2.24) is 15.4 Å². The Morgan fingerprint density at radius 2 is 0.862 bits per heavy atom. The largest absolute Gasteiger partial charge is 0.492 e. The van der Waals surface area contributed by atoms with Crippen molar-refractivity contribution in [1.29, 1.82) is 0 Å². The van der Waals surface area contributed by atoms with Crippen molar-refractivity contribution in [3.63, 3.8) is 0 Å². The van der Waals surface area contributed by atoms with E-state index in [1.807, 2.05) is 0 Å². The summed E-state index contributed by atoms with van der Waals surface area (Å²) in [4.78, 5) is 0. The third-order valence-corrected chi connectivity index (χ3v) is 5.56. The lowest BCUT2D eigenvalue weighted by Gasteiger charge is -2.19. The van der Waals surface area contributed by atoms with Gasteiger partial charge in [0.1, 0.15) is 0 Å². The van der Waals surface area contributed by atoms with Crippen LogP contribution in [0.15, 0.2) is 60.7 Å². The molecule has 0 saturated carbocycles. The van der Waals surface area contributed by atoms with Gasteiger partial charge in [-0.3, -0.25) is 0 Å². The molecule has 0 saturated heterocycles. The molecule has 4 rings (SSSR count). The first-order valence-electron chi connectivity index (χ1n) is 10.2. The molecule has 3 nitrogen and oxygen atoms in total.